The van der Waals surface area contributed by atoms with Crippen molar-refractivity contribution in [2.24, 2.45) is 5.92 Å². The molecule has 0 aromatic rings. The Morgan fingerprint density at radius 1 is 0.645 bits per heavy atom. The molecule has 0 aliphatic heterocycles. The van der Waals surface area contributed by atoms with Crippen molar-refractivity contribution in [1.82, 2.24) is 16.0 Å². The first-order valence-corrected chi connectivity index (χ1v) is 13.9. The van der Waals surface area contributed by atoms with Crippen molar-refractivity contribution in [3.63, 3.8) is 0 Å². The van der Waals surface area contributed by atoms with Gasteiger partial charge in [-0.25, -0.2) is 0 Å². The van der Waals surface area contributed by atoms with Crippen LogP contribution in [0, 0.1) is 5.92 Å². The summed E-state index contributed by atoms with van der Waals surface area (Å²) in [5.41, 5.74) is 0. The van der Waals surface area contributed by atoms with Crippen molar-refractivity contribution in [3.05, 3.63) is 0 Å². The molecule has 3 N–H and O–H groups in total. The van der Waals surface area contributed by atoms with Crippen molar-refractivity contribution >= 4 is 5.91 Å². The zero-order valence-electron chi connectivity index (χ0n) is 21.7. The van der Waals surface area contributed by atoms with Crippen LogP contribution in [0.15, 0.2) is 0 Å². The summed E-state index contributed by atoms with van der Waals surface area (Å²) in [7, 11) is 0. The van der Waals surface area contributed by atoms with Gasteiger partial charge in [0, 0.05) is 31.6 Å². The maximum absolute atomic E-state index is 11.7. The van der Waals surface area contributed by atoms with E-state index in [1.54, 1.807) is 0 Å². The number of hydrogen-bond acceptors (Lipinski definition) is 3. The summed E-state index contributed by atoms with van der Waals surface area (Å²) in [4.78, 5) is 11.7. The van der Waals surface area contributed by atoms with E-state index >= 15 is 0 Å². The molecule has 0 fully saturated rings. The first-order valence-electron chi connectivity index (χ1n) is 13.9. The van der Waals surface area contributed by atoms with Gasteiger partial charge in [-0.3, -0.25) is 4.79 Å². The maximum atomic E-state index is 11.7. The monoisotopic (exact) mass is 439 g/mol. The van der Waals surface area contributed by atoms with Gasteiger partial charge in [0.1, 0.15) is 0 Å². The van der Waals surface area contributed by atoms with Crippen LogP contribution in [-0.4, -0.2) is 38.1 Å². The highest BCUT2D eigenvalue weighted by atomic mass is 16.1. The molecule has 0 aliphatic rings. The molecule has 1 amide bonds. The summed E-state index contributed by atoms with van der Waals surface area (Å²) in [6.45, 7) is 12.7. The fraction of sp³-hybridized carbons (Fsp3) is 0.963. The molecule has 0 aromatic carbocycles. The molecule has 1 unspecified atom stereocenters. The number of amides is 1. The number of unbranched alkanes of at least 4 members (excludes halogenated alkanes) is 10. The van der Waals surface area contributed by atoms with Crippen molar-refractivity contribution in [1.29, 1.82) is 0 Å². The average molecular weight is 440 g/mol. The fourth-order valence-corrected chi connectivity index (χ4v) is 3.95. The van der Waals surface area contributed by atoms with Crippen LogP contribution in [0.2, 0.25) is 0 Å². The molecule has 186 valence electrons. The van der Waals surface area contributed by atoms with Crippen LogP contribution < -0.4 is 16.0 Å². The maximum Gasteiger partial charge on any atom is 0.222 e. The van der Waals surface area contributed by atoms with E-state index in [4.69, 9.17) is 0 Å². The van der Waals surface area contributed by atoms with Crippen LogP contribution in [0.4, 0.5) is 0 Å². The predicted molar refractivity (Wildman–Crippen MR) is 138 cm³/mol. The zero-order valence-corrected chi connectivity index (χ0v) is 21.7. The van der Waals surface area contributed by atoms with Crippen LogP contribution in [0.25, 0.3) is 0 Å². The first kappa shape index (κ1) is 30.4. The number of rotatable bonds is 24. The quantitative estimate of drug-likeness (QED) is 0.149. The average Bonchev–Trinajstić information content (AvgIpc) is 2.78. The summed E-state index contributed by atoms with van der Waals surface area (Å²) >= 11 is 0. The van der Waals surface area contributed by atoms with Crippen LogP contribution in [0.1, 0.15) is 130 Å². The predicted octanol–water partition coefficient (Wildman–Crippen LogP) is 6.59. The summed E-state index contributed by atoms with van der Waals surface area (Å²) < 4.78 is 0. The lowest BCUT2D eigenvalue weighted by molar-refractivity contribution is -0.124. The Morgan fingerprint density at radius 3 is 1.77 bits per heavy atom. The van der Waals surface area contributed by atoms with Gasteiger partial charge in [-0.2, -0.15) is 0 Å². The van der Waals surface area contributed by atoms with Crippen molar-refractivity contribution < 1.29 is 4.79 Å². The third-order valence-electron chi connectivity index (χ3n) is 6.44. The van der Waals surface area contributed by atoms with Gasteiger partial charge in [0.05, 0.1) is 0 Å². The molecule has 0 bridgehead atoms. The molecule has 0 saturated carbocycles. The van der Waals surface area contributed by atoms with Gasteiger partial charge in [-0.15, -0.1) is 0 Å². The number of nitrogens with one attached hydrogen (secondary N) is 3. The number of carbonyl (C=O) groups is 1. The summed E-state index contributed by atoms with van der Waals surface area (Å²) in [6, 6.07) is 0.708. The van der Waals surface area contributed by atoms with Gasteiger partial charge < -0.3 is 16.0 Å². The minimum atomic E-state index is 0.144. The van der Waals surface area contributed by atoms with Crippen molar-refractivity contribution in [2.75, 3.05) is 26.2 Å². The largest absolute Gasteiger partial charge is 0.356 e. The highest BCUT2D eigenvalue weighted by molar-refractivity contribution is 5.78. The molecular weight excluding hydrogens is 382 g/mol. The Hall–Kier alpha value is -0.610. The number of carbonyl (C=O) groups excluding carboxylic acids is 1. The molecule has 4 nitrogen and oxygen atoms in total. The fourth-order valence-electron chi connectivity index (χ4n) is 3.95. The lowest BCUT2D eigenvalue weighted by atomic mass is 10.0. The molecule has 0 heterocycles. The molecule has 0 aliphatic carbocycles. The van der Waals surface area contributed by atoms with Crippen LogP contribution in [0.3, 0.4) is 0 Å². The Morgan fingerprint density at radius 2 is 1.19 bits per heavy atom. The van der Waals surface area contributed by atoms with Gasteiger partial charge in [-0.1, -0.05) is 98.3 Å². The smallest absolute Gasteiger partial charge is 0.222 e. The van der Waals surface area contributed by atoms with E-state index in [0.29, 0.717) is 6.04 Å². The normalized spacial score (nSPS) is 12.4. The molecular formula is C27H57N3O. The second kappa shape index (κ2) is 24.0. The van der Waals surface area contributed by atoms with Gasteiger partial charge in [0.25, 0.3) is 0 Å². The van der Waals surface area contributed by atoms with E-state index in [9.17, 15) is 4.79 Å². The minimum absolute atomic E-state index is 0.144. The zero-order chi connectivity index (χ0) is 23.0. The van der Waals surface area contributed by atoms with E-state index in [1.165, 1.54) is 89.9 Å². The Kier molecular flexibility index (Phi) is 23.6. The SMILES string of the molecule is CCCCCCCC(CCCCCCC)NCCNCCCCCNC(=O)C(C)CC. The number of hydrogen-bond donors (Lipinski definition) is 3. The van der Waals surface area contributed by atoms with E-state index < -0.39 is 0 Å². The van der Waals surface area contributed by atoms with E-state index in [0.717, 1.165) is 39.0 Å². The third kappa shape index (κ3) is 21.0. The Balaban J connectivity index is 3.72. The molecule has 0 aromatic heterocycles. The van der Waals surface area contributed by atoms with E-state index in [1.807, 2.05) is 6.92 Å². The van der Waals surface area contributed by atoms with Gasteiger partial charge in [0.2, 0.25) is 5.91 Å². The van der Waals surface area contributed by atoms with Crippen LogP contribution in [0.5, 0.6) is 0 Å². The van der Waals surface area contributed by atoms with Crippen molar-refractivity contribution in [2.45, 2.75) is 136 Å². The van der Waals surface area contributed by atoms with Gasteiger partial charge >= 0.3 is 0 Å². The van der Waals surface area contributed by atoms with E-state index in [-0.39, 0.29) is 11.8 Å². The molecule has 0 saturated heterocycles. The van der Waals surface area contributed by atoms with Gasteiger partial charge in [-0.05, 0) is 38.6 Å². The van der Waals surface area contributed by atoms with Crippen molar-refractivity contribution in [3.8, 4) is 0 Å². The summed E-state index contributed by atoms with van der Waals surface area (Å²) in [5.74, 6) is 0.350. The Labute approximate surface area is 195 Å². The van der Waals surface area contributed by atoms with Gasteiger partial charge in [0.15, 0.2) is 0 Å². The Bertz CT molecular complexity index is 361. The lowest BCUT2D eigenvalue weighted by Gasteiger charge is -2.19. The van der Waals surface area contributed by atoms with E-state index in [2.05, 4.69) is 36.7 Å². The van der Waals surface area contributed by atoms with Crippen LogP contribution >= 0.6 is 0 Å². The topological polar surface area (TPSA) is 53.2 Å². The molecule has 0 rings (SSSR count). The molecule has 0 spiro atoms. The second-order valence-corrected chi connectivity index (χ2v) is 9.47. The standard InChI is InChI=1S/C27H57N3O/c1-5-8-10-12-15-19-26(20-16-13-11-9-6-2)29-24-23-28-21-17-14-18-22-30-27(31)25(4)7-3/h25-26,28-29H,5-24H2,1-4H3,(H,30,31). The third-order valence-corrected chi connectivity index (χ3v) is 6.44. The van der Waals surface area contributed by atoms with Crippen LogP contribution in [-0.2, 0) is 4.79 Å². The molecule has 1 atom stereocenters. The molecule has 31 heavy (non-hydrogen) atoms. The lowest BCUT2D eigenvalue weighted by Crippen LogP contribution is -2.35. The highest BCUT2D eigenvalue weighted by Gasteiger charge is 2.09. The molecule has 0 radical (unpaired) electrons. The second-order valence-electron chi connectivity index (χ2n) is 9.47. The summed E-state index contributed by atoms with van der Waals surface area (Å²) in [5, 5.41) is 10.5. The minimum Gasteiger partial charge on any atom is -0.356 e. The molecule has 4 heteroatoms. The highest BCUT2D eigenvalue weighted by Crippen LogP contribution is 2.13. The summed E-state index contributed by atoms with van der Waals surface area (Å²) in [6.07, 6.45) is 20.9. The first-order chi connectivity index (χ1) is 15.2.